The Balaban J connectivity index is 1.91. The highest BCUT2D eigenvalue weighted by Crippen LogP contribution is 2.29. The highest BCUT2D eigenvalue weighted by atomic mass is 35.5. The van der Waals surface area contributed by atoms with Crippen LogP contribution in [0.25, 0.3) is 0 Å². The third-order valence-electron chi connectivity index (χ3n) is 3.83. The number of rotatable bonds is 5. The van der Waals surface area contributed by atoms with Gasteiger partial charge in [0, 0.05) is 0 Å². The van der Waals surface area contributed by atoms with E-state index < -0.39 is 0 Å². The maximum absolute atomic E-state index is 6.12. The molecule has 0 radical (unpaired) electrons. The Bertz CT molecular complexity index is 414. The molecule has 1 aliphatic carbocycles. The number of nitrogens with zero attached hydrogens (tertiary/aromatic N) is 1. The normalized spacial score (nSPS) is 23.3. The molecule has 0 aliphatic heterocycles. The van der Waals surface area contributed by atoms with Gasteiger partial charge in [-0.15, -0.1) is 0 Å². The van der Waals surface area contributed by atoms with Crippen LogP contribution in [-0.4, -0.2) is 11.1 Å². The number of anilines is 1. The number of hydrazine groups is 1. The van der Waals surface area contributed by atoms with Gasteiger partial charge in [-0.05, 0) is 30.9 Å². The number of ether oxygens (including phenoxy) is 1. The Hall–Kier alpha value is -0.840. The molecule has 1 aromatic rings. The van der Waals surface area contributed by atoms with Crippen LogP contribution in [0.3, 0.4) is 0 Å². The fourth-order valence-electron chi connectivity index (χ4n) is 2.63. The number of aromatic nitrogens is 1. The first kappa shape index (κ1) is 14.6. The molecule has 0 amide bonds. The van der Waals surface area contributed by atoms with Crippen molar-refractivity contribution < 1.29 is 4.74 Å². The zero-order valence-corrected chi connectivity index (χ0v) is 12.1. The fourth-order valence-corrected chi connectivity index (χ4v) is 2.79. The second-order valence-corrected chi connectivity index (χ2v) is 5.55. The lowest BCUT2D eigenvalue weighted by Crippen LogP contribution is -2.22. The van der Waals surface area contributed by atoms with E-state index in [1.807, 2.05) is 0 Å². The molecular weight excluding hydrogens is 262 g/mol. The maximum atomic E-state index is 6.12. The predicted molar refractivity (Wildman–Crippen MR) is 77.9 cm³/mol. The molecule has 1 aromatic heterocycles. The van der Waals surface area contributed by atoms with E-state index in [1.165, 1.54) is 19.3 Å². The Morgan fingerprint density at radius 3 is 3.05 bits per heavy atom. The summed E-state index contributed by atoms with van der Waals surface area (Å²) in [5.41, 5.74) is 3.27. The zero-order chi connectivity index (χ0) is 13.7. The molecular formula is C14H22ClN3O. The predicted octanol–water partition coefficient (Wildman–Crippen LogP) is 3.51. The third-order valence-corrected chi connectivity index (χ3v) is 4.18. The molecule has 4 nitrogen and oxygen atoms in total. The number of pyridine rings is 1. The zero-order valence-electron chi connectivity index (χ0n) is 11.4. The van der Waals surface area contributed by atoms with Gasteiger partial charge in [0.25, 0.3) is 0 Å². The molecule has 1 aliphatic rings. The van der Waals surface area contributed by atoms with Crippen LogP contribution in [0.15, 0.2) is 12.1 Å². The highest BCUT2D eigenvalue weighted by Gasteiger charge is 2.21. The number of halogens is 1. The molecule has 2 atom stereocenters. The first-order valence-electron chi connectivity index (χ1n) is 6.96. The number of nitrogens with two attached hydrogens (primary N) is 1. The molecule has 0 bridgehead atoms. The van der Waals surface area contributed by atoms with Crippen LogP contribution in [0.1, 0.15) is 44.7 Å². The second kappa shape index (κ2) is 7.08. The largest absolute Gasteiger partial charge is 0.372 e. The van der Waals surface area contributed by atoms with Gasteiger partial charge in [0.2, 0.25) is 0 Å². The van der Waals surface area contributed by atoms with Crippen molar-refractivity contribution in [2.45, 2.75) is 51.7 Å². The van der Waals surface area contributed by atoms with Crippen LogP contribution in [0.5, 0.6) is 0 Å². The van der Waals surface area contributed by atoms with Crippen LogP contribution < -0.4 is 11.3 Å². The Labute approximate surface area is 119 Å². The summed E-state index contributed by atoms with van der Waals surface area (Å²) in [6, 6.07) is 3.54. The quantitative estimate of drug-likeness (QED) is 0.641. The van der Waals surface area contributed by atoms with E-state index in [0.29, 0.717) is 23.6 Å². The molecule has 19 heavy (non-hydrogen) atoms. The van der Waals surface area contributed by atoms with E-state index in [1.54, 1.807) is 12.1 Å². The van der Waals surface area contributed by atoms with Crippen molar-refractivity contribution in [3.63, 3.8) is 0 Å². The van der Waals surface area contributed by atoms with E-state index >= 15 is 0 Å². The van der Waals surface area contributed by atoms with E-state index in [9.17, 15) is 0 Å². The monoisotopic (exact) mass is 283 g/mol. The molecule has 0 aromatic carbocycles. The molecule has 2 rings (SSSR count). The lowest BCUT2D eigenvalue weighted by molar-refractivity contribution is 0.000431. The van der Waals surface area contributed by atoms with Crippen LogP contribution >= 0.6 is 11.6 Å². The first-order valence-corrected chi connectivity index (χ1v) is 7.34. The van der Waals surface area contributed by atoms with Gasteiger partial charge in [-0.2, -0.15) is 0 Å². The van der Waals surface area contributed by atoms with Gasteiger partial charge < -0.3 is 10.2 Å². The van der Waals surface area contributed by atoms with Crippen molar-refractivity contribution in [3.8, 4) is 0 Å². The summed E-state index contributed by atoms with van der Waals surface area (Å²) in [5, 5.41) is 0.627. The fraction of sp³-hybridized carbons (Fsp3) is 0.643. The lowest BCUT2D eigenvalue weighted by Gasteiger charge is -2.28. The number of hydrogen-bond donors (Lipinski definition) is 2. The van der Waals surface area contributed by atoms with E-state index in [-0.39, 0.29) is 0 Å². The minimum atomic E-state index is 0.339. The molecule has 1 fully saturated rings. The van der Waals surface area contributed by atoms with Gasteiger partial charge in [-0.3, -0.25) is 0 Å². The van der Waals surface area contributed by atoms with Gasteiger partial charge in [0.05, 0.1) is 23.4 Å². The number of hydrogen-bond acceptors (Lipinski definition) is 4. The summed E-state index contributed by atoms with van der Waals surface area (Å²) in [5.74, 6) is 6.76. The summed E-state index contributed by atoms with van der Waals surface area (Å²) >= 11 is 6.12. The maximum Gasteiger partial charge on any atom is 0.140 e. The molecule has 1 heterocycles. The van der Waals surface area contributed by atoms with Gasteiger partial charge >= 0.3 is 0 Å². The number of nitrogen functional groups attached to an aromatic ring is 1. The highest BCUT2D eigenvalue weighted by molar-refractivity contribution is 6.31. The second-order valence-electron chi connectivity index (χ2n) is 5.14. The summed E-state index contributed by atoms with van der Waals surface area (Å²) in [6.07, 6.45) is 6.47. The van der Waals surface area contributed by atoms with Crippen molar-refractivity contribution in [1.82, 2.24) is 4.98 Å². The molecule has 5 heteroatoms. The molecule has 3 N–H and O–H groups in total. The molecule has 0 spiro atoms. The van der Waals surface area contributed by atoms with Crippen molar-refractivity contribution >= 4 is 17.4 Å². The van der Waals surface area contributed by atoms with E-state index in [0.717, 1.165) is 24.5 Å². The van der Waals surface area contributed by atoms with Crippen LogP contribution in [0.2, 0.25) is 5.02 Å². The summed E-state index contributed by atoms with van der Waals surface area (Å²) < 4.78 is 5.97. The molecule has 0 saturated heterocycles. The summed E-state index contributed by atoms with van der Waals surface area (Å²) in [6.45, 7) is 2.71. The van der Waals surface area contributed by atoms with Gasteiger partial charge in [-0.1, -0.05) is 37.8 Å². The summed E-state index contributed by atoms with van der Waals surface area (Å²) in [4.78, 5) is 4.32. The Kier molecular flexibility index (Phi) is 5.43. The van der Waals surface area contributed by atoms with Crippen LogP contribution in [-0.2, 0) is 11.3 Å². The SMILES string of the molecule is CCC1CCCC(OCc2nc(NN)ccc2Cl)C1. The average molecular weight is 284 g/mol. The van der Waals surface area contributed by atoms with Gasteiger partial charge in [-0.25, -0.2) is 10.8 Å². The van der Waals surface area contributed by atoms with E-state index in [2.05, 4.69) is 17.3 Å². The van der Waals surface area contributed by atoms with E-state index in [4.69, 9.17) is 22.2 Å². The average Bonchev–Trinajstić information content (AvgIpc) is 2.46. The molecule has 2 unspecified atom stereocenters. The summed E-state index contributed by atoms with van der Waals surface area (Å²) in [7, 11) is 0. The van der Waals surface area contributed by atoms with Gasteiger partial charge in [0.15, 0.2) is 0 Å². The molecule has 1 saturated carbocycles. The standard InChI is InChI=1S/C14H22ClN3O/c1-2-10-4-3-5-11(8-10)19-9-13-12(15)6-7-14(17-13)18-16/h6-7,10-11H,2-5,8-9,16H2,1H3,(H,17,18). The molecule has 106 valence electrons. The smallest absolute Gasteiger partial charge is 0.140 e. The van der Waals surface area contributed by atoms with Crippen molar-refractivity contribution in [1.29, 1.82) is 0 Å². The van der Waals surface area contributed by atoms with Crippen molar-refractivity contribution in [3.05, 3.63) is 22.8 Å². The minimum Gasteiger partial charge on any atom is -0.372 e. The van der Waals surface area contributed by atoms with Crippen molar-refractivity contribution in [2.24, 2.45) is 11.8 Å². The van der Waals surface area contributed by atoms with Crippen molar-refractivity contribution in [2.75, 3.05) is 5.43 Å². The third kappa shape index (κ3) is 4.06. The topological polar surface area (TPSA) is 60.2 Å². The van der Waals surface area contributed by atoms with Crippen LogP contribution in [0.4, 0.5) is 5.82 Å². The first-order chi connectivity index (χ1) is 9.22. The number of nitrogens with one attached hydrogen (secondary N) is 1. The Morgan fingerprint density at radius 2 is 2.32 bits per heavy atom. The Morgan fingerprint density at radius 1 is 1.47 bits per heavy atom. The van der Waals surface area contributed by atoms with Crippen LogP contribution in [0, 0.1) is 5.92 Å². The van der Waals surface area contributed by atoms with Gasteiger partial charge in [0.1, 0.15) is 5.82 Å². The lowest BCUT2D eigenvalue weighted by atomic mass is 9.85. The minimum absolute atomic E-state index is 0.339.